The van der Waals surface area contributed by atoms with Crippen LogP contribution in [0.1, 0.15) is 12.8 Å². The van der Waals surface area contributed by atoms with Crippen LogP contribution < -0.4 is 14.8 Å². The predicted molar refractivity (Wildman–Crippen MR) is 77.0 cm³/mol. The maximum absolute atomic E-state index is 12.2. The van der Waals surface area contributed by atoms with Crippen molar-refractivity contribution in [1.82, 2.24) is 0 Å². The summed E-state index contributed by atoms with van der Waals surface area (Å²) >= 11 is 5.99. The molecular formula is C14H16ClNO5. The molecule has 2 unspecified atom stereocenters. The minimum absolute atomic E-state index is 0.337. The lowest BCUT2D eigenvalue weighted by atomic mass is 9.73. The molecule has 1 saturated carbocycles. The molecule has 1 aromatic rings. The first-order valence-electron chi connectivity index (χ1n) is 6.43. The molecule has 0 aliphatic heterocycles. The summed E-state index contributed by atoms with van der Waals surface area (Å²) in [4.78, 5) is 23.1. The lowest BCUT2D eigenvalue weighted by Crippen LogP contribution is -2.41. The molecule has 1 aliphatic rings. The van der Waals surface area contributed by atoms with Gasteiger partial charge in [-0.1, -0.05) is 11.6 Å². The van der Waals surface area contributed by atoms with Crippen molar-refractivity contribution in [3.63, 3.8) is 0 Å². The van der Waals surface area contributed by atoms with E-state index < -0.39 is 17.8 Å². The Labute approximate surface area is 127 Å². The van der Waals surface area contributed by atoms with Gasteiger partial charge in [-0.15, -0.1) is 0 Å². The second kappa shape index (κ2) is 6.22. The lowest BCUT2D eigenvalue weighted by molar-refractivity contribution is -0.151. The van der Waals surface area contributed by atoms with E-state index in [4.69, 9.17) is 26.2 Å². The molecule has 1 amide bonds. The third-order valence-corrected chi connectivity index (χ3v) is 3.96. The molecule has 2 atom stereocenters. The Morgan fingerprint density at radius 2 is 1.81 bits per heavy atom. The predicted octanol–water partition coefficient (Wildman–Crippen LogP) is 2.41. The summed E-state index contributed by atoms with van der Waals surface area (Å²) < 4.78 is 10.3. The van der Waals surface area contributed by atoms with Crippen LogP contribution in [-0.4, -0.2) is 31.2 Å². The molecule has 7 heteroatoms. The molecule has 2 N–H and O–H groups in total. The van der Waals surface area contributed by atoms with Gasteiger partial charge < -0.3 is 19.9 Å². The Kier molecular flexibility index (Phi) is 4.57. The molecule has 0 radical (unpaired) electrons. The highest BCUT2D eigenvalue weighted by Gasteiger charge is 2.41. The number of anilines is 1. The van der Waals surface area contributed by atoms with E-state index >= 15 is 0 Å². The summed E-state index contributed by atoms with van der Waals surface area (Å²) in [6.07, 6.45) is 1.09. The highest BCUT2D eigenvalue weighted by molar-refractivity contribution is 6.32. The summed E-state index contributed by atoms with van der Waals surface area (Å²) in [7, 11) is 2.92. The number of methoxy groups -OCH3 is 2. The molecule has 0 bridgehead atoms. The van der Waals surface area contributed by atoms with Crippen molar-refractivity contribution in [1.29, 1.82) is 0 Å². The lowest BCUT2D eigenvalue weighted by Gasteiger charge is -2.32. The molecule has 1 fully saturated rings. The maximum Gasteiger partial charge on any atom is 0.307 e. The number of hydrogen-bond donors (Lipinski definition) is 2. The summed E-state index contributed by atoms with van der Waals surface area (Å²) in [6.45, 7) is 0. The number of hydrogen-bond acceptors (Lipinski definition) is 4. The SMILES string of the molecule is COc1cc(NC(=O)C2CCC2C(=O)O)c(OC)cc1Cl. The van der Waals surface area contributed by atoms with E-state index in [1.165, 1.54) is 20.3 Å². The monoisotopic (exact) mass is 313 g/mol. The van der Waals surface area contributed by atoms with Crippen LogP contribution in [0.4, 0.5) is 5.69 Å². The molecule has 1 aliphatic carbocycles. The quantitative estimate of drug-likeness (QED) is 0.872. The largest absolute Gasteiger partial charge is 0.495 e. The van der Waals surface area contributed by atoms with Crippen molar-refractivity contribution >= 4 is 29.2 Å². The number of ether oxygens (including phenoxy) is 2. The van der Waals surface area contributed by atoms with Gasteiger partial charge in [0.25, 0.3) is 0 Å². The number of amides is 1. The van der Waals surface area contributed by atoms with E-state index in [0.29, 0.717) is 35.1 Å². The average Bonchev–Trinajstić information content (AvgIpc) is 2.38. The van der Waals surface area contributed by atoms with Crippen LogP contribution in [0.25, 0.3) is 0 Å². The normalized spacial score (nSPS) is 20.3. The van der Waals surface area contributed by atoms with Gasteiger partial charge in [0, 0.05) is 12.1 Å². The number of rotatable bonds is 5. The number of carboxylic acid groups (broad SMARTS) is 1. The topological polar surface area (TPSA) is 84.9 Å². The Balaban J connectivity index is 2.19. The fourth-order valence-electron chi connectivity index (χ4n) is 2.29. The Morgan fingerprint density at radius 1 is 1.19 bits per heavy atom. The zero-order valence-corrected chi connectivity index (χ0v) is 12.4. The summed E-state index contributed by atoms with van der Waals surface area (Å²) in [6, 6.07) is 3.08. The third-order valence-electron chi connectivity index (χ3n) is 3.66. The van der Waals surface area contributed by atoms with E-state index in [0.717, 1.165) is 0 Å². The first-order chi connectivity index (χ1) is 9.97. The minimum Gasteiger partial charge on any atom is -0.495 e. The van der Waals surface area contributed by atoms with E-state index in [1.54, 1.807) is 6.07 Å². The summed E-state index contributed by atoms with van der Waals surface area (Å²) in [5.41, 5.74) is 0.403. The van der Waals surface area contributed by atoms with E-state index in [-0.39, 0.29) is 5.91 Å². The minimum atomic E-state index is -0.943. The number of carboxylic acids is 1. The van der Waals surface area contributed by atoms with Crippen molar-refractivity contribution in [2.45, 2.75) is 12.8 Å². The van der Waals surface area contributed by atoms with Gasteiger partial charge in [-0.3, -0.25) is 9.59 Å². The van der Waals surface area contributed by atoms with Gasteiger partial charge in [-0.2, -0.15) is 0 Å². The van der Waals surface area contributed by atoms with Gasteiger partial charge in [0.05, 0.1) is 36.8 Å². The summed E-state index contributed by atoms with van der Waals surface area (Å²) in [5, 5.41) is 12.0. The smallest absolute Gasteiger partial charge is 0.307 e. The average molecular weight is 314 g/mol. The molecule has 21 heavy (non-hydrogen) atoms. The number of halogens is 1. The third kappa shape index (κ3) is 3.05. The first-order valence-corrected chi connectivity index (χ1v) is 6.81. The Bertz CT molecular complexity index is 575. The zero-order valence-electron chi connectivity index (χ0n) is 11.7. The van der Waals surface area contributed by atoms with Crippen LogP contribution in [0, 0.1) is 11.8 Å². The molecule has 6 nitrogen and oxygen atoms in total. The van der Waals surface area contributed by atoms with Crippen molar-refractivity contribution in [3.05, 3.63) is 17.2 Å². The molecule has 0 heterocycles. The van der Waals surface area contributed by atoms with Crippen LogP contribution in [-0.2, 0) is 9.59 Å². The first kappa shape index (κ1) is 15.4. The number of benzene rings is 1. The number of carbonyl (C=O) groups excluding carboxylic acids is 1. The van der Waals surface area contributed by atoms with Gasteiger partial charge in [0.2, 0.25) is 5.91 Å². The van der Waals surface area contributed by atoms with E-state index in [1.807, 2.05) is 0 Å². The number of carbonyl (C=O) groups is 2. The second-order valence-corrected chi connectivity index (χ2v) is 5.21. The Hall–Kier alpha value is -1.95. The molecule has 0 aromatic heterocycles. The zero-order chi connectivity index (χ0) is 15.6. The highest BCUT2D eigenvalue weighted by atomic mass is 35.5. The van der Waals surface area contributed by atoms with Crippen LogP contribution in [0.5, 0.6) is 11.5 Å². The van der Waals surface area contributed by atoms with E-state index in [2.05, 4.69) is 5.32 Å². The summed E-state index contributed by atoms with van der Waals surface area (Å²) in [5.74, 6) is -1.63. The molecule has 0 saturated heterocycles. The number of aliphatic carboxylic acids is 1. The van der Waals surface area contributed by atoms with Crippen LogP contribution in [0.2, 0.25) is 5.02 Å². The molecular weight excluding hydrogens is 298 g/mol. The maximum atomic E-state index is 12.2. The molecule has 114 valence electrons. The second-order valence-electron chi connectivity index (χ2n) is 4.80. The number of nitrogens with one attached hydrogen (secondary N) is 1. The molecule has 0 spiro atoms. The van der Waals surface area contributed by atoms with Gasteiger partial charge in [0.1, 0.15) is 11.5 Å². The fourth-order valence-corrected chi connectivity index (χ4v) is 2.52. The van der Waals surface area contributed by atoms with Gasteiger partial charge in [-0.25, -0.2) is 0 Å². The Morgan fingerprint density at radius 3 is 2.29 bits per heavy atom. The van der Waals surface area contributed by atoms with E-state index in [9.17, 15) is 9.59 Å². The van der Waals surface area contributed by atoms with Crippen LogP contribution >= 0.6 is 11.6 Å². The highest BCUT2D eigenvalue weighted by Crippen LogP contribution is 2.39. The fraction of sp³-hybridized carbons (Fsp3) is 0.429. The van der Waals surface area contributed by atoms with Crippen molar-refractivity contribution in [2.24, 2.45) is 11.8 Å². The van der Waals surface area contributed by atoms with Gasteiger partial charge in [0.15, 0.2) is 0 Å². The van der Waals surface area contributed by atoms with Crippen molar-refractivity contribution < 1.29 is 24.2 Å². The molecule has 1 aromatic carbocycles. The van der Waals surface area contributed by atoms with Gasteiger partial charge in [-0.05, 0) is 12.8 Å². The van der Waals surface area contributed by atoms with Crippen LogP contribution in [0.3, 0.4) is 0 Å². The molecule has 2 rings (SSSR count). The standard InChI is InChI=1S/C14H16ClNO5/c1-20-11-6-10(12(21-2)5-9(11)15)16-13(17)7-3-4-8(7)14(18)19/h5-8H,3-4H2,1-2H3,(H,16,17)(H,18,19). The van der Waals surface area contributed by atoms with Gasteiger partial charge >= 0.3 is 5.97 Å². The van der Waals surface area contributed by atoms with Crippen LogP contribution in [0.15, 0.2) is 12.1 Å². The van der Waals surface area contributed by atoms with Crippen molar-refractivity contribution in [3.8, 4) is 11.5 Å². The van der Waals surface area contributed by atoms with Crippen molar-refractivity contribution in [2.75, 3.05) is 19.5 Å².